The molecule has 0 unspecified atom stereocenters. The first kappa shape index (κ1) is 84.9. The first-order chi connectivity index (χ1) is 69.2. The van der Waals surface area contributed by atoms with Gasteiger partial charge in [0.1, 0.15) is 0 Å². The predicted molar refractivity (Wildman–Crippen MR) is 596 cm³/mol. The monoisotopic (exact) mass is 1790 g/mol. The van der Waals surface area contributed by atoms with Crippen LogP contribution in [-0.4, -0.2) is 9.13 Å². The number of hydrogen-bond donors (Lipinski definition) is 0. The largest absolute Gasteiger partial charge is 0.310 e. The fraction of sp³-hybridized carbons (Fsp3) is 0.0299. The smallest absolute Gasteiger partial charge is 0.0542 e. The highest BCUT2D eigenvalue weighted by atomic mass is 15.2. The lowest BCUT2D eigenvalue weighted by molar-refractivity contribution is 0.590. The normalized spacial score (nSPS) is 11.5. The average molecular weight is 1790 g/mol. The number of para-hydroxylation sites is 8. The molecule has 0 aliphatic rings. The molecule has 25 aromatic rings. The molecule has 140 heavy (non-hydrogen) atoms. The second-order valence-electron chi connectivity index (χ2n) is 37.0. The van der Waals surface area contributed by atoms with Gasteiger partial charge in [0.05, 0.1) is 22.1 Å². The van der Waals surface area contributed by atoms with Gasteiger partial charge in [0, 0.05) is 101 Å². The Kier molecular flexibility index (Phi) is 22.2. The van der Waals surface area contributed by atoms with Crippen LogP contribution in [0.5, 0.6) is 0 Å². The molecule has 0 radical (unpaired) electrons. The number of nitrogens with zero attached hydrogens (tertiary/aromatic N) is 6. The summed E-state index contributed by atoms with van der Waals surface area (Å²) in [5, 5.41) is 14.6. The van der Waals surface area contributed by atoms with Crippen LogP contribution in [0.4, 0.5) is 68.2 Å². The molecule has 0 aliphatic carbocycles. The van der Waals surface area contributed by atoms with Gasteiger partial charge in [-0.25, -0.2) is 0 Å². The molecule has 23 aromatic carbocycles. The summed E-state index contributed by atoms with van der Waals surface area (Å²) in [5.41, 5.74) is 33.7. The minimum absolute atomic E-state index is 0.0850. The van der Waals surface area contributed by atoms with Crippen LogP contribution in [0.2, 0.25) is 0 Å². The van der Waals surface area contributed by atoms with Crippen molar-refractivity contribution in [3.05, 3.63) is 545 Å². The lowest BCUT2D eigenvalue weighted by atomic mass is 9.83. The number of aromatic nitrogens is 2. The fourth-order valence-corrected chi connectivity index (χ4v) is 21.3. The fourth-order valence-electron chi connectivity index (χ4n) is 21.3. The second kappa shape index (κ2) is 36.6. The van der Waals surface area contributed by atoms with E-state index in [4.69, 9.17) is 0 Å². The van der Waals surface area contributed by atoms with E-state index in [0.29, 0.717) is 0 Å². The Hall–Kier alpha value is -18.1. The summed E-state index contributed by atoms with van der Waals surface area (Å²) in [6.07, 6.45) is 0. The Bertz CT molecular complexity index is 8280. The van der Waals surface area contributed by atoms with E-state index in [9.17, 15) is 0 Å². The van der Waals surface area contributed by atoms with Crippen molar-refractivity contribution in [1.29, 1.82) is 0 Å². The van der Waals surface area contributed by atoms with Gasteiger partial charge < -0.3 is 28.7 Å². The van der Waals surface area contributed by atoms with E-state index in [1.807, 2.05) is 0 Å². The maximum Gasteiger partial charge on any atom is 0.0542 e. The van der Waals surface area contributed by atoms with Crippen LogP contribution in [0, 0.1) is 0 Å². The topological polar surface area (TPSA) is 22.8 Å². The van der Waals surface area contributed by atoms with E-state index in [-0.39, 0.29) is 5.41 Å². The SMILES string of the molecule is CC(C)(C)c1ccc(-c2c3ccccc3c(-c3ccc(-n4c5ccc(N(c6ccccc6)c6ccccc6)cc5c5cc(N(c6ccccc6)c6ccccc6)ccc54)cc3)c3ccccc23)cc1.c1ccc(-c2ccccc2-c2c3ccccc3c(-c3ccc(-n4c5ccc(N(c6ccccc6)c6ccccc6)cc5c5cc(N(c6ccccc6)c6ccccc6)ccc54)cc3)c3ccccc23)cc1. The van der Waals surface area contributed by atoms with E-state index in [0.717, 1.165) is 102 Å². The van der Waals surface area contributed by atoms with Crippen molar-refractivity contribution in [2.75, 3.05) is 19.6 Å². The molecule has 664 valence electrons. The van der Waals surface area contributed by atoms with Gasteiger partial charge in [0.25, 0.3) is 0 Å². The number of hydrogen-bond acceptors (Lipinski definition) is 4. The van der Waals surface area contributed by atoms with Gasteiger partial charge in [0.15, 0.2) is 0 Å². The molecule has 0 N–H and O–H groups in total. The predicted octanol–water partition coefficient (Wildman–Crippen LogP) is 37.7. The number of rotatable bonds is 19. The minimum Gasteiger partial charge on any atom is -0.310 e. The highest BCUT2D eigenvalue weighted by Crippen LogP contribution is 2.52. The highest BCUT2D eigenvalue weighted by molar-refractivity contribution is 6.24. The van der Waals surface area contributed by atoms with E-state index >= 15 is 0 Å². The summed E-state index contributed by atoms with van der Waals surface area (Å²) in [5.74, 6) is 0. The van der Waals surface area contributed by atoms with E-state index in [2.05, 4.69) is 589 Å². The van der Waals surface area contributed by atoms with Gasteiger partial charge >= 0.3 is 0 Å². The Labute approximate surface area is 816 Å². The van der Waals surface area contributed by atoms with Crippen molar-refractivity contribution < 1.29 is 0 Å². The first-order valence-corrected chi connectivity index (χ1v) is 48.3. The summed E-state index contributed by atoms with van der Waals surface area (Å²) < 4.78 is 4.87. The number of fused-ring (bicyclic) bond motifs is 10. The van der Waals surface area contributed by atoms with Crippen LogP contribution >= 0.6 is 0 Å². The van der Waals surface area contributed by atoms with E-state index < -0.39 is 0 Å². The van der Waals surface area contributed by atoms with E-state index in [1.165, 1.54) is 126 Å². The molecule has 0 saturated heterocycles. The summed E-state index contributed by atoms with van der Waals surface area (Å²) in [4.78, 5) is 9.40. The maximum absolute atomic E-state index is 2.44. The molecule has 0 fully saturated rings. The Morgan fingerprint density at radius 3 is 0.586 bits per heavy atom. The number of benzene rings is 23. The number of anilines is 12. The van der Waals surface area contributed by atoms with Crippen molar-refractivity contribution >= 4 is 155 Å². The van der Waals surface area contributed by atoms with Crippen LogP contribution in [0.15, 0.2) is 540 Å². The minimum atomic E-state index is 0.0850. The molecule has 0 atom stereocenters. The quantitative estimate of drug-likeness (QED) is 0.0753. The molecule has 2 aromatic heterocycles. The molecule has 2 heterocycles. The summed E-state index contributed by atoms with van der Waals surface area (Å²) in [6, 6.07) is 196. The van der Waals surface area contributed by atoms with Gasteiger partial charge in [-0.1, -0.05) is 367 Å². The van der Waals surface area contributed by atoms with Gasteiger partial charge in [-0.2, -0.15) is 0 Å². The molecule has 25 rings (SSSR count). The standard InChI is InChI=1S/C68H47N3.C66H51N3/c1-6-22-48(23-7-1)57-32-16-17-33-58(57)68-61-36-20-18-34-59(61)67(60-35-19-21-37-62(60)68)49-38-40-54(41-39-49)71-65-44-42-55(69(50-24-8-2-9-25-50)51-26-10-3-11-27-51)46-63(65)64-47-56(43-45-66(64)71)70(52-28-12-4-13-29-52)53-30-14-5-15-31-53;1-66(2,3)48-36-32-46(33-37-48)64-56-28-16-18-30-58(56)65(59-31-19-17-29-57(59)64)47-34-38-53(39-35-47)69-62-42-40-54(67(49-20-8-4-9-21-49)50-22-10-5-11-23-50)44-60(62)61-45-55(41-43-63(61)69)68(51-24-12-6-13-25-51)52-26-14-7-15-27-52/h1-47H;4-45H,1-3H3. The summed E-state index contributed by atoms with van der Waals surface area (Å²) >= 11 is 0. The highest BCUT2D eigenvalue weighted by Gasteiger charge is 2.27. The van der Waals surface area contributed by atoms with E-state index in [1.54, 1.807) is 0 Å². The lowest BCUT2D eigenvalue weighted by Crippen LogP contribution is -2.10. The van der Waals surface area contributed by atoms with Crippen LogP contribution in [-0.2, 0) is 5.41 Å². The van der Waals surface area contributed by atoms with Gasteiger partial charge in [0.2, 0.25) is 0 Å². The summed E-state index contributed by atoms with van der Waals surface area (Å²) in [6.45, 7) is 6.83. The molecule has 6 heteroatoms. The van der Waals surface area contributed by atoms with Gasteiger partial charge in [-0.15, -0.1) is 0 Å². The Balaban J connectivity index is 0.000000152. The Morgan fingerprint density at radius 2 is 0.350 bits per heavy atom. The first-order valence-electron chi connectivity index (χ1n) is 48.3. The van der Waals surface area contributed by atoms with Crippen LogP contribution in [0.25, 0.3) is 154 Å². The third-order valence-corrected chi connectivity index (χ3v) is 27.6. The molecule has 0 saturated carbocycles. The average Bonchev–Trinajstić information content (AvgIpc) is 1.69. The van der Waals surface area contributed by atoms with Crippen molar-refractivity contribution in [3.8, 4) is 67.0 Å². The molecule has 6 nitrogen and oxygen atoms in total. The van der Waals surface area contributed by atoms with Crippen molar-refractivity contribution in [1.82, 2.24) is 9.13 Å². The molecule has 0 bridgehead atoms. The summed E-state index contributed by atoms with van der Waals surface area (Å²) in [7, 11) is 0. The third kappa shape index (κ3) is 15.7. The molecule has 0 aliphatic heterocycles. The van der Waals surface area contributed by atoms with Crippen LogP contribution in [0.3, 0.4) is 0 Å². The Morgan fingerprint density at radius 1 is 0.150 bits per heavy atom. The lowest BCUT2D eigenvalue weighted by Gasteiger charge is -2.26. The molecular weight excluding hydrogens is 1690 g/mol. The second-order valence-corrected chi connectivity index (χ2v) is 37.0. The zero-order valence-corrected chi connectivity index (χ0v) is 78.1. The van der Waals surface area contributed by atoms with Gasteiger partial charge in [-0.3, -0.25) is 0 Å². The van der Waals surface area contributed by atoms with Crippen LogP contribution in [0.1, 0.15) is 26.3 Å². The maximum atomic E-state index is 2.44. The molecular formula is C134H98N6. The molecule has 0 spiro atoms. The van der Waals surface area contributed by atoms with Crippen molar-refractivity contribution in [2.24, 2.45) is 0 Å². The third-order valence-electron chi connectivity index (χ3n) is 27.6. The van der Waals surface area contributed by atoms with Crippen molar-refractivity contribution in [2.45, 2.75) is 26.2 Å². The molecule has 0 amide bonds. The zero-order chi connectivity index (χ0) is 93.6. The zero-order valence-electron chi connectivity index (χ0n) is 78.1. The van der Waals surface area contributed by atoms with Gasteiger partial charge in [-0.05, 0) is 304 Å². The van der Waals surface area contributed by atoms with Crippen LogP contribution < -0.4 is 19.6 Å². The van der Waals surface area contributed by atoms with Crippen molar-refractivity contribution in [3.63, 3.8) is 0 Å².